The SMILES string of the molecule is CCOc1ccc(NC(=S)NCCc2ccccc2)cc1OC. The van der Waals surface area contributed by atoms with Crippen LogP contribution in [0.1, 0.15) is 12.5 Å². The molecule has 2 rings (SSSR count). The topological polar surface area (TPSA) is 42.5 Å². The maximum Gasteiger partial charge on any atom is 0.170 e. The highest BCUT2D eigenvalue weighted by Crippen LogP contribution is 2.30. The molecule has 0 spiro atoms. The van der Waals surface area contributed by atoms with Gasteiger partial charge in [0.05, 0.1) is 13.7 Å². The molecule has 0 aliphatic heterocycles. The van der Waals surface area contributed by atoms with Crippen LogP contribution in [-0.4, -0.2) is 25.4 Å². The first-order chi connectivity index (χ1) is 11.2. The van der Waals surface area contributed by atoms with E-state index in [2.05, 4.69) is 22.8 Å². The summed E-state index contributed by atoms with van der Waals surface area (Å²) in [4.78, 5) is 0. The first-order valence-electron chi connectivity index (χ1n) is 7.62. The number of methoxy groups -OCH3 is 1. The number of nitrogens with one attached hydrogen (secondary N) is 2. The minimum absolute atomic E-state index is 0.590. The maximum atomic E-state index is 5.50. The summed E-state index contributed by atoms with van der Waals surface area (Å²) in [6, 6.07) is 16.0. The molecule has 0 aliphatic rings. The minimum atomic E-state index is 0.590. The zero-order valence-electron chi connectivity index (χ0n) is 13.5. The zero-order chi connectivity index (χ0) is 16.5. The molecule has 23 heavy (non-hydrogen) atoms. The van der Waals surface area contributed by atoms with E-state index in [0.29, 0.717) is 17.5 Å². The number of rotatable bonds is 7. The molecule has 0 aliphatic carbocycles. The van der Waals surface area contributed by atoms with E-state index in [9.17, 15) is 0 Å². The van der Waals surface area contributed by atoms with Crippen LogP contribution in [0.3, 0.4) is 0 Å². The van der Waals surface area contributed by atoms with Gasteiger partial charge in [0.25, 0.3) is 0 Å². The quantitative estimate of drug-likeness (QED) is 0.759. The van der Waals surface area contributed by atoms with Gasteiger partial charge in [0, 0.05) is 18.3 Å². The predicted molar refractivity (Wildman–Crippen MR) is 98.5 cm³/mol. The van der Waals surface area contributed by atoms with E-state index in [0.717, 1.165) is 24.4 Å². The van der Waals surface area contributed by atoms with E-state index in [1.54, 1.807) is 7.11 Å². The van der Waals surface area contributed by atoms with Crippen LogP contribution in [0, 0.1) is 0 Å². The minimum Gasteiger partial charge on any atom is -0.493 e. The summed E-state index contributed by atoms with van der Waals surface area (Å²) in [5, 5.41) is 6.95. The summed E-state index contributed by atoms with van der Waals surface area (Å²) in [5.74, 6) is 1.41. The Morgan fingerprint density at radius 2 is 1.87 bits per heavy atom. The van der Waals surface area contributed by atoms with Crippen molar-refractivity contribution in [3.8, 4) is 11.5 Å². The molecule has 0 unspecified atom stereocenters. The second-order valence-electron chi connectivity index (χ2n) is 4.92. The standard InChI is InChI=1S/C18H22N2O2S/c1-3-22-16-10-9-15(13-17(16)21-2)20-18(23)19-12-11-14-7-5-4-6-8-14/h4-10,13H,3,11-12H2,1-2H3,(H2,19,20,23). The summed E-state index contributed by atoms with van der Waals surface area (Å²) < 4.78 is 10.8. The molecule has 0 saturated heterocycles. The molecule has 0 fully saturated rings. The largest absolute Gasteiger partial charge is 0.493 e. The highest BCUT2D eigenvalue weighted by atomic mass is 32.1. The average molecular weight is 330 g/mol. The van der Waals surface area contributed by atoms with Gasteiger partial charge in [-0.3, -0.25) is 0 Å². The molecular formula is C18H22N2O2S. The van der Waals surface area contributed by atoms with Crippen LogP contribution in [0.15, 0.2) is 48.5 Å². The fourth-order valence-corrected chi connectivity index (χ4v) is 2.38. The van der Waals surface area contributed by atoms with E-state index in [1.165, 1.54) is 5.56 Å². The second kappa shape index (κ2) is 9.00. The molecule has 0 bridgehead atoms. The monoisotopic (exact) mass is 330 g/mol. The number of hydrogen-bond acceptors (Lipinski definition) is 3. The highest BCUT2D eigenvalue weighted by molar-refractivity contribution is 7.80. The first kappa shape index (κ1) is 17.1. The normalized spacial score (nSPS) is 10.0. The fraction of sp³-hybridized carbons (Fsp3) is 0.278. The summed E-state index contributed by atoms with van der Waals surface area (Å²) in [6.07, 6.45) is 0.926. The van der Waals surface area contributed by atoms with Crippen LogP contribution in [0.4, 0.5) is 5.69 Å². The molecule has 2 aromatic rings. The van der Waals surface area contributed by atoms with E-state index >= 15 is 0 Å². The van der Waals surface area contributed by atoms with E-state index in [4.69, 9.17) is 21.7 Å². The highest BCUT2D eigenvalue weighted by Gasteiger charge is 2.06. The Labute approximate surface area is 142 Å². The van der Waals surface area contributed by atoms with Gasteiger partial charge in [-0.25, -0.2) is 0 Å². The van der Waals surface area contributed by atoms with Crippen LogP contribution in [0.2, 0.25) is 0 Å². The van der Waals surface area contributed by atoms with Gasteiger partial charge in [-0.2, -0.15) is 0 Å². The van der Waals surface area contributed by atoms with Gasteiger partial charge < -0.3 is 20.1 Å². The third-order valence-electron chi connectivity index (χ3n) is 3.26. The lowest BCUT2D eigenvalue weighted by molar-refractivity contribution is 0.311. The third kappa shape index (κ3) is 5.45. The lowest BCUT2D eigenvalue weighted by Gasteiger charge is -2.13. The number of hydrogen-bond donors (Lipinski definition) is 2. The molecular weight excluding hydrogens is 308 g/mol. The third-order valence-corrected chi connectivity index (χ3v) is 3.51. The van der Waals surface area contributed by atoms with Crippen molar-refractivity contribution in [1.29, 1.82) is 0 Å². The van der Waals surface area contributed by atoms with Crippen LogP contribution < -0.4 is 20.1 Å². The van der Waals surface area contributed by atoms with E-state index in [-0.39, 0.29) is 0 Å². The van der Waals surface area contributed by atoms with Crippen LogP contribution in [0.25, 0.3) is 0 Å². The Morgan fingerprint density at radius 3 is 2.57 bits per heavy atom. The molecule has 4 nitrogen and oxygen atoms in total. The Bertz CT molecular complexity index is 632. The molecule has 0 aromatic heterocycles. The van der Waals surface area contributed by atoms with Crippen molar-refractivity contribution in [2.24, 2.45) is 0 Å². The summed E-state index contributed by atoms with van der Waals surface area (Å²) >= 11 is 5.32. The number of thiocarbonyl (C=S) groups is 1. The van der Waals surface area contributed by atoms with Gasteiger partial charge in [-0.15, -0.1) is 0 Å². The van der Waals surface area contributed by atoms with Gasteiger partial charge in [0.2, 0.25) is 0 Å². The van der Waals surface area contributed by atoms with E-state index in [1.807, 2.05) is 43.3 Å². The molecule has 0 amide bonds. The summed E-state index contributed by atoms with van der Waals surface area (Å²) in [6.45, 7) is 3.32. The maximum absolute atomic E-state index is 5.50. The van der Waals surface area contributed by atoms with Crippen molar-refractivity contribution in [2.45, 2.75) is 13.3 Å². The van der Waals surface area contributed by atoms with Crippen LogP contribution in [-0.2, 0) is 6.42 Å². The van der Waals surface area contributed by atoms with E-state index < -0.39 is 0 Å². The van der Waals surface area contributed by atoms with Crippen LogP contribution in [0.5, 0.6) is 11.5 Å². The molecule has 0 radical (unpaired) electrons. The molecule has 2 N–H and O–H groups in total. The van der Waals surface area contributed by atoms with Gasteiger partial charge in [0.1, 0.15) is 0 Å². The van der Waals surface area contributed by atoms with Crippen molar-refractivity contribution in [1.82, 2.24) is 5.32 Å². The van der Waals surface area contributed by atoms with Gasteiger partial charge >= 0.3 is 0 Å². The fourth-order valence-electron chi connectivity index (χ4n) is 2.16. The number of ether oxygens (including phenoxy) is 2. The van der Waals surface area contributed by atoms with Crippen molar-refractivity contribution in [2.75, 3.05) is 25.6 Å². The van der Waals surface area contributed by atoms with Crippen molar-refractivity contribution >= 4 is 23.0 Å². The Morgan fingerprint density at radius 1 is 1.09 bits per heavy atom. The van der Waals surface area contributed by atoms with Gasteiger partial charge in [-0.1, -0.05) is 30.3 Å². The predicted octanol–water partition coefficient (Wildman–Crippen LogP) is 3.62. The summed E-state index contributed by atoms with van der Waals surface area (Å²) in [7, 11) is 1.62. The summed E-state index contributed by atoms with van der Waals surface area (Å²) in [5.41, 5.74) is 2.15. The van der Waals surface area contributed by atoms with Gasteiger partial charge in [-0.05, 0) is 43.3 Å². The average Bonchev–Trinajstić information content (AvgIpc) is 2.57. The lowest BCUT2D eigenvalue weighted by atomic mass is 10.1. The second-order valence-corrected chi connectivity index (χ2v) is 5.32. The first-order valence-corrected chi connectivity index (χ1v) is 8.03. The molecule has 122 valence electrons. The molecule has 0 atom stereocenters. The van der Waals surface area contributed by atoms with Crippen molar-refractivity contribution in [3.63, 3.8) is 0 Å². The Hall–Kier alpha value is -2.27. The molecule has 0 saturated carbocycles. The Balaban J connectivity index is 1.85. The zero-order valence-corrected chi connectivity index (χ0v) is 14.3. The number of benzene rings is 2. The van der Waals surface area contributed by atoms with Crippen LogP contribution >= 0.6 is 12.2 Å². The molecule has 0 heterocycles. The lowest BCUT2D eigenvalue weighted by Crippen LogP contribution is -2.30. The smallest absolute Gasteiger partial charge is 0.170 e. The molecule has 2 aromatic carbocycles. The van der Waals surface area contributed by atoms with Gasteiger partial charge in [0.15, 0.2) is 16.6 Å². The Kier molecular flexibility index (Phi) is 6.69. The van der Waals surface area contributed by atoms with Crippen molar-refractivity contribution in [3.05, 3.63) is 54.1 Å². The molecule has 5 heteroatoms. The van der Waals surface area contributed by atoms with Crippen molar-refractivity contribution < 1.29 is 9.47 Å². The number of anilines is 1.